The standard InChI is InChI=1S/C13H11N3O.2ClH/c1-16-13-11(8-15-16)6-10(7-14-13)9-2-4-12(17)5-3-9;;/h2-8,17H,1H3;2*1H. The van der Waals surface area contributed by atoms with Crippen molar-refractivity contribution < 1.29 is 5.11 Å². The van der Waals surface area contributed by atoms with Crippen LogP contribution in [0.5, 0.6) is 5.75 Å². The predicted molar refractivity (Wildman–Crippen MR) is 80.1 cm³/mol. The van der Waals surface area contributed by atoms with Crippen LogP contribution in [-0.4, -0.2) is 19.9 Å². The predicted octanol–water partition coefficient (Wildman–Crippen LogP) is 3.18. The van der Waals surface area contributed by atoms with Gasteiger partial charge < -0.3 is 5.11 Å². The molecule has 6 heteroatoms. The molecule has 0 unspecified atom stereocenters. The number of halogens is 2. The minimum atomic E-state index is 0. The molecule has 19 heavy (non-hydrogen) atoms. The summed E-state index contributed by atoms with van der Waals surface area (Å²) in [5.74, 6) is 0.268. The van der Waals surface area contributed by atoms with Gasteiger partial charge >= 0.3 is 0 Å². The van der Waals surface area contributed by atoms with Crippen LogP contribution in [0, 0.1) is 0 Å². The van der Waals surface area contributed by atoms with Gasteiger partial charge in [-0.25, -0.2) is 4.98 Å². The van der Waals surface area contributed by atoms with Crippen LogP contribution in [0.3, 0.4) is 0 Å². The first-order valence-electron chi connectivity index (χ1n) is 5.31. The Bertz CT molecular complexity index is 680. The maximum atomic E-state index is 9.25. The molecule has 0 spiro atoms. The van der Waals surface area contributed by atoms with Gasteiger partial charge in [0.25, 0.3) is 0 Å². The number of phenols is 1. The first-order valence-corrected chi connectivity index (χ1v) is 5.31. The Kier molecular flexibility index (Phi) is 4.75. The zero-order valence-corrected chi connectivity index (χ0v) is 11.8. The molecule has 0 amide bonds. The number of fused-ring (bicyclic) bond motifs is 1. The molecule has 1 aromatic carbocycles. The van der Waals surface area contributed by atoms with E-state index in [0.717, 1.165) is 22.2 Å². The number of rotatable bonds is 1. The van der Waals surface area contributed by atoms with E-state index in [1.165, 1.54) is 0 Å². The molecule has 0 fully saturated rings. The number of benzene rings is 1. The molecule has 0 aliphatic carbocycles. The van der Waals surface area contributed by atoms with Crippen LogP contribution in [0.2, 0.25) is 0 Å². The number of hydrogen-bond donors (Lipinski definition) is 1. The lowest BCUT2D eigenvalue weighted by Crippen LogP contribution is -1.91. The van der Waals surface area contributed by atoms with Crippen LogP contribution in [0.15, 0.2) is 42.7 Å². The lowest BCUT2D eigenvalue weighted by atomic mass is 10.1. The first kappa shape index (κ1) is 15.3. The molecule has 3 aromatic rings. The molecule has 0 radical (unpaired) electrons. The van der Waals surface area contributed by atoms with Gasteiger partial charge in [0.15, 0.2) is 5.65 Å². The molecule has 100 valence electrons. The lowest BCUT2D eigenvalue weighted by Gasteiger charge is -2.01. The van der Waals surface area contributed by atoms with Crippen molar-refractivity contribution in [3.05, 3.63) is 42.7 Å². The summed E-state index contributed by atoms with van der Waals surface area (Å²) in [5, 5.41) is 14.4. The van der Waals surface area contributed by atoms with E-state index in [9.17, 15) is 5.11 Å². The van der Waals surface area contributed by atoms with E-state index in [1.807, 2.05) is 31.4 Å². The second-order valence-corrected chi connectivity index (χ2v) is 3.95. The molecule has 0 aliphatic rings. The Labute approximate surface area is 122 Å². The SMILES string of the molecule is Cl.Cl.Cn1ncc2cc(-c3ccc(O)cc3)cnc21. The molecule has 0 aliphatic heterocycles. The van der Waals surface area contributed by atoms with Gasteiger partial charge in [0, 0.05) is 24.2 Å². The van der Waals surface area contributed by atoms with Crippen LogP contribution in [0.1, 0.15) is 0 Å². The molecule has 0 saturated heterocycles. The van der Waals surface area contributed by atoms with Crippen molar-refractivity contribution in [3.63, 3.8) is 0 Å². The molecule has 3 rings (SSSR count). The van der Waals surface area contributed by atoms with Crippen LogP contribution < -0.4 is 0 Å². The monoisotopic (exact) mass is 297 g/mol. The number of pyridine rings is 1. The highest BCUT2D eigenvalue weighted by Crippen LogP contribution is 2.23. The number of phenolic OH excluding ortho intramolecular Hbond substituents is 1. The average Bonchev–Trinajstić information content (AvgIpc) is 2.72. The molecule has 0 atom stereocenters. The van der Waals surface area contributed by atoms with Gasteiger partial charge in [0.05, 0.1) is 6.20 Å². The van der Waals surface area contributed by atoms with Crippen molar-refractivity contribution in [3.8, 4) is 16.9 Å². The topological polar surface area (TPSA) is 50.9 Å². The summed E-state index contributed by atoms with van der Waals surface area (Å²) in [7, 11) is 1.87. The summed E-state index contributed by atoms with van der Waals surface area (Å²) in [4.78, 5) is 4.38. The first-order chi connectivity index (χ1) is 8.24. The third-order valence-electron chi connectivity index (χ3n) is 2.77. The van der Waals surface area contributed by atoms with Gasteiger partial charge in [0.1, 0.15) is 5.75 Å². The van der Waals surface area contributed by atoms with Gasteiger partial charge in [-0.1, -0.05) is 12.1 Å². The summed E-state index contributed by atoms with van der Waals surface area (Å²) in [5.41, 5.74) is 2.92. The Morgan fingerprint density at radius 3 is 2.37 bits per heavy atom. The average molecular weight is 298 g/mol. The number of hydrogen-bond acceptors (Lipinski definition) is 3. The second kappa shape index (κ2) is 5.91. The van der Waals surface area contributed by atoms with E-state index < -0.39 is 0 Å². The fourth-order valence-corrected chi connectivity index (χ4v) is 1.86. The Balaban J connectivity index is 0.000000902. The minimum absolute atomic E-state index is 0. The molecule has 0 saturated carbocycles. The highest BCUT2D eigenvalue weighted by Gasteiger charge is 2.04. The van der Waals surface area contributed by atoms with E-state index in [1.54, 1.807) is 23.0 Å². The number of aryl methyl sites for hydroxylation is 1. The van der Waals surface area contributed by atoms with E-state index in [4.69, 9.17) is 0 Å². The number of nitrogens with zero attached hydrogens (tertiary/aromatic N) is 3. The van der Waals surface area contributed by atoms with E-state index in [2.05, 4.69) is 10.1 Å². The number of aromatic nitrogens is 3. The summed E-state index contributed by atoms with van der Waals surface area (Å²) in [6, 6.07) is 9.12. The summed E-state index contributed by atoms with van der Waals surface area (Å²) in [6.07, 6.45) is 3.61. The van der Waals surface area contributed by atoms with E-state index in [-0.39, 0.29) is 30.6 Å². The van der Waals surface area contributed by atoms with Gasteiger partial charge in [-0.3, -0.25) is 4.68 Å². The summed E-state index contributed by atoms with van der Waals surface area (Å²) in [6.45, 7) is 0. The molecule has 2 aromatic heterocycles. The Morgan fingerprint density at radius 1 is 1.00 bits per heavy atom. The highest BCUT2D eigenvalue weighted by atomic mass is 35.5. The molecule has 2 heterocycles. The highest BCUT2D eigenvalue weighted by molar-refractivity contribution is 5.85. The third-order valence-corrected chi connectivity index (χ3v) is 2.77. The quantitative estimate of drug-likeness (QED) is 0.750. The van der Waals surface area contributed by atoms with Gasteiger partial charge in [-0.15, -0.1) is 24.8 Å². The van der Waals surface area contributed by atoms with Crippen LogP contribution in [-0.2, 0) is 7.05 Å². The zero-order valence-electron chi connectivity index (χ0n) is 10.1. The maximum absolute atomic E-state index is 9.25. The lowest BCUT2D eigenvalue weighted by molar-refractivity contribution is 0.475. The molecular formula is C13H13Cl2N3O. The number of aromatic hydroxyl groups is 1. The Morgan fingerprint density at radius 2 is 1.68 bits per heavy atom. The van der Waals surface area contributed by atoms with Crippen molar-refractivity contribution in [2.24, 2.45) is 7.05 Å². The third kappa shape index (κ3) is 2.80. The normalized spacial score (nSPS) is 9.74. The largest absolute Gasteiger partial charge is 0.508 e. The van der Waals surface area contributed by atoms with Gasteiger partial charge in [0.2, 0.25) is 0 Å². The van der Waals surface area contributed by atoms with Gasteiger partial charge in [-0.05, 0) is 23.8 Å². The van der Waals surface area contributed by atoms with Crippen molar-refractivity contribution in [1.29, 1.82) is 0 Å². The van der Waals surface area contributed by atoms with E-state index >= 15 is 0 Å². The fraction of sp³-hybridized carbons (Fsp3) is 0.0769. The van der Waals surface area contributed by atoms with Crippen molar-refractivity contribution >= 4 is 35.8 Å². The van der Waals surface area contributed by atoms with E-state index in [0.29, 0.717) is 0 Å². The van der Waals surface area contributed by atoms with Crippen LogP contribution in [0.25, 0.3) is 22.2 Å². The van der Waals surface area contributed by atoms with Crippen molar-refractivity contribution in [1.82, 2.24) is 14.8 Å². The summed E-state index contributed by atoms with van der Waals surface area (Å²) >= 11 is 0. The van der Waals surface area contributed by atoms with Crippen LogP contribution >= 0.6 is 24.8 Å². The van der Waals surface area contributed by atoms with Crippen molar-refractivity contribution in [2.45, 2.75) is 0 Å². The minimum Gasteiger partial charge on any atom is -0.508 e. The van der Waals surface area contributed by atoms with Crippen LogP contribution in [0.4, 0.5) is 0 Å². The summed E-state index contributed by atoms with van der Waals surface area (Å²) < 4.78 is 1.75. The Hall–Kier alpha value is -1.78. The maximum Gasteiger partial charge on any atom is 0.157 e. The molecule has 4 nitrogen and oxygen atoms in total. The van der Waals surface area contributed by atoms with Gasteiger partial charge in [-0.2, -0.15) is 5.10 Å². The van der Waals surface area contributed by atoms with Crippen molar-refractivity contribution in [2.75, 3.05) is 0 Å². The molecular weight excluding hydrogens is 285 g/mol. The zero-order chi connectivity index (χ0) is 11.8. The molecule has 1 N–H and O–H groups in total. The smallest absolute Gasteiger partial charge is 0.157 e. The molecule has 0 bridgehead atoms. The second-order valence-electron chi connectivity index (χ2n) is 3.95. The fourth-order valence-electron chi connectivity index (χ4n) is 1.86.